The van der Waals surface area contributed by atoms with Gasteiger partial charge in [0.25, 0.3) is 0 Å². The molecule has 0 bridgehead atoms. The number of hydrogen-bond acceptors (Lipinski definition) is 6. The SMILES string of the molecule is Cc1c(C#N)cnc2c1CCC2O.N#Cc1cnc(CO)c2c1CCC2. The normalized spacial score (nSPS) is 16.7. The van der Waals surface area contributed by atoms with Gasteiger partial charge in [0.05, 0.1) is 35.2 Å². The average Bonchev–Trinajstić information content (AvgIpc) is 3.30. The molecule has 0 radical (unpaired) electrons. The Kier molecular flexibility index (Phi) is 5.27. The van der Waals surface area contributed by atoms with Gasteiger partial charge in [-0.3, -0.25) is 9.97 Å². The lowest BCUT2D eigenvalue weighted by Gasteiger charge is -2.05. The molecule has 4 rings (SSSR count). The predicted molar refractivity (Wildman–Crippen MR) is 93.9 cm³/mol. The van der Waals surface area contributed by atoms with Crippen molar-refractivity contribution in [1.82, 2.24) is 9.97 Å². The van der Waals surface area contributed by atoms with E-state index in [1.54, 1.807) is 12.4 Å². The summed E-state index contributed by atoms with van der Waals surface area (Å²) >= 11 is 0. The number of rotatable bonds is 1. The molecular weight excluding hydrogens is 328 g/mol. The number of aromatic nitrogens is 2. The van der Waals surface area contributed by atoms with Gasteiger partial charge >= 0.3 is 0 Å². The van der Waals surface area contributed by atoms with Crippen molar-refractivity contribution in [3.8, 4) is 12.1 Å². The number of pyridine rings is 2. The van der Waals surface area contributed by atoms with Crippen LogP contribution in [-0.4, -0.2) is 20.2 Å². The molecular formula is C20H20N4O2. The summed E-state index contributed by atoms with van der Waals surface area (Å²) in [6.45, 7) is 1.89. The van der Waals surface area contributed by atoms with E-state index in [2.05, 4.69) is 22.1 Å². The van der Waals surface area contributed by atoms with Crippen LogP contribution < -0.4 is 0 Å². The largest absolute Gasteiger partial charge is 0.390 e. The number of hydrogen-bond donors (Lipinski definition) is 2. The second-order valence-corrected chi connectivity index (χ2v) is 6.53. The molecule has 2 N–H and O–H groups in total. The lowest BCUT2D eigenvalue weighted by atomic mass is 10.0. The fraction of sp³-hybridized carbons (Fsp3) is 0.400. The minimum absolute atomic E-state index is 0.0198. The third-order valence-electron chi connectivity index (χ3n) is 5.11. The molecule has 0 aliphatic heterocycles. The summed E-state index contributed by atoms with van der Waals surface area (Å²) in [4.78, 5) is 8.17. The van der Waals surface area contributed by atoms with Crippen LogP contribution >= 0.6 is 0 Å². The van der Waals surface area contributed by atoms with Gasteiger partial charge in [0.1, 0.15) is 12.1 Å². The van der Waals surface area contributed by atoms with E-state index in [0.29, 0.717) is 11.1 Å². The fourth-order valence-electron chi connectivity index (χ4n) is 3.69. The Morgan fingerprint density at radius 3 is 2.42 bits per heavy atom. The smallest absolute Gasteiger partial charge is 0.101 e. The molecule has 26 heavy (non-hydrogen) atoms. The Labute approximate surface area is 152 Å². The molecule has 2 aliphatic carbocycles. The Morgan fingerprint density at radius 1 is 1.04 bits per heavy atom. The molecule has 0 aromatic carbocycles. The zero-order chi connectivity index (χ0) is 18.7. The summed E-state index contributed by atoms with van der Waals surface area (Å²) in [6.07, 6.45) is 7.23. The summed E-state index contributed by atoms with van der Waals surface area (Å²) in [5, 5.41) is 36.1. The molecule has 0 fully saturated rings. The van der Waals surface area contributed by atoms with Gasteiger partial charge in [-0.05, 0) is 61.3 Å². The standard InChI is InChI=1S/2C10H10N2O/c1-6-7(4-11)5-12-10-8(6)2-3-9(10)13;11-4-7-5-12-10(6-13)9-3-1-2-8(7)9/h5,9,13H,2-3H2,1H3;5,13H,1-3,6H2. The molecule has 2 aromatic heterocycles. The van der Waals surface area contributed by atoms with Crippen LogP contribution in [0.5, 0.6) is 0 Å². The maximum atomic E-state index is 9.52. The van der Waals surface area contributed by atoms with E-state index < -0.39 is 6.10 Å². The minimum Gasteiger partial charge on any atom is -0.390 e. The number of aliphatic hydroxyl groups is 2. The van der Waals surface area contributed by atoms with Crippen molar-refractivity contribution in [3.05, 3.63) is 57.2 Å². The van der Waals surface area contributed by atoms with Crippen molar-refractivity contribution in [2.45, 2.75) is 51.7 Å². The molecule has 132 valence electrons. The summed E-state index contributed by atoms with van der Waals surface area (Å²) in [5.74, 6) is 0. The fourth-order valence-corrected chi connectivity index (χ4v) is 3.69. The molecule has 0 saturated heterocycles. The van der Waals surface area contributed by atoms with Crippen molar-refractivity contribution < 1.29 is 10.2 Å². The maximum absolute atomic E-state index is 9.52. The van der Waals surface area contributed by atoms with E-state index in [4.69, 9.17) is 15.6 Å². The van der Waals surface area contributed by atoms with E-state index in [-0.39, 0.29) is 6.61 Å². The lowest BCUT2D eigenvalue weighted by molar-refractivity contribution is 0.176. The molecule has 1 atom stereocenters. The first-order valence-corrected chi connectivity index (χ1v) is 8.67. The van der Waals surface area contributed by atoms with Crippen LogP contribution in [0.15, 0.2) is 12.4 Å². The first-order chi connectivity index (χ1) is 12.6. The molecule has 2 aliphatic rings. The monoisotopic (exact) mass is 348 g/mol. The Hall–Kier alpha value is -2.80. The second-order valence-electron chi connectivity index (χ2n) is 6.53. The number of aliphatic hydroxyl groups excluding tert-OH is 2. The highest BCUT2D eigenvalue weighted by molar-refractivity contribution is 5.46. The van der Waals surface area contributed by atoms with Crippen LogP contribution in [0.25, 0.3) is 0 Å². The molecule has 1 unspecified atom stereocenters. The van der Waals surface area contributed by atoms with Crippen LogP contribution in [0.3, 0.4) is 0 Å². The Morgan fingerprint density at radius 2 is 1.73 bits per heavy atom. The molecule has 0 amide bonds. The van der Waals surface area contributed by atoms with Gasteiger partial charge in [0.15, 0.2) is 0 Å². The van der Waals surface area contributed by atoms with E-state index in [1.165, 1.54) is 0 Å². The van der Waals surface area contributed by atoms with Crippen LogP contribution in [-0.2, 0) is 25.9 Å². The van der Waals surface area contributed by atoms with Gasteiger partial charge in [0.2, 0.25) is 0 Å². The molecule has 6 heteroatoms. The topological polar surface area (TPSA) is 114 Å². The summed E-state index contributed by atoms with van der Waals surface area (Å²) < 4.78 is 0. The van der Waals surface area contributed by atoms with Gasteiger partial charge in [-0.2, -0.15) is 10.5 Å². The van der Waals surface area contributed by atoms with E-state index in [9.17, 15) is 5.11 Å². The number of nitriles is 2. The summed E-state index contributed by atoms with van der Waals surface area (Å²) in [7, 11) is 0. The number of nitrogens with zero attached hydrogens (tertiary/aromatic N) is 4. The van der Waals surface area contributed by atoms with Crippen molar-refractivity contribution in [3.63, 3.8) is 0 Å². The lowest BCUT2D eigenvalue weighted by Crippen LogP contribution is -1.99. The van der Waals surface area contributed by atoms with Crippen molar-refractivity contribution in [2.24, 2.45) is 0 Å². The van der Waals surface area contributed by atoms with Crippen LogP contribution in [0.1, 0.15) is 63.7 Å². The van der Waals surface area contributed by atoms with Crippen LogP contribution in [0, 0.1) is 29.6 Å². The highest BCUT2D eigenvalue weighted by atomic mass is 16.3. The zero-order valence-corrected chi connectivity index (χ0v) is 14.7. The molecule has 0 saturated carbocycles. The van der Waals surface area contributed by atoms with E-state index >= 15 is 0 Å². The van der Waals surface area contributed by atoms with Crippen LogP contribution in [0.2, 0.25) is 0 Å². The first-order valence-electron chi connectivity index (χ1n) is 8.67. The second kappa shape index (κ2) is 7.61. The van der Waals surface area contributed by atoms with Crippen molar-refractivity contribution in [1.29, 1.82) is 10.5 Å². The van der Waals surface area contributed by atoms with Crippen LogP contribution in [0.4, 0.5) is 0 Å². The zero-order valence-electron chi connectivity index (χ0n) is 14.7. The minimum atomic E-state index is -0.429. The van der Waals surface area contributed by atoms with E-state index in [1.807, 2.05) is 6.92 Å². The molecule has 2 aromatic rings. The van der Waals surface area contributed by atoms with Crippen molar-refractivity contribution >= 4 is 0 Å². The summed E-state index contributed by atoms with van der Waals surface area (Å²) in [6, 6.07) is 4.23. The first kappa shape index (κ1) is 18.0. The molecule has 6 nitrogen and oxygen atoms in total. The average molecular weight is 348 g/mol. The highest BCUT2D eigenvalue weighted by Crippen LogP contribution is 2.32. The Balaban J connectivity index is 0.000000151. The number of fused-ring (bicyclic) bond motifs is 2. The van der Waals surface area contributed by atoms with Gasteiger partial charge < -0.3 is 10.2 Å². The molecule has 0 spiro atoms. The van der Waals surface area contributed by atoms with Gasteiger partial charge in [0, 0.05) is 12.4 Å². The van der Waals surface area contributed by atoms with Gasteiger partial charge in [-0.1, -0.05) is 0 Å². The van der Waals surface area contributed by atoms with Gasteiger partial charge in [-0.15, -0.1) is 0 Å². The maximum Gasteiger partial charge on any atom is 0.101 e. The predicted octanol–water partition coefficient (Wildman–Crippen LogP) is 2.18. The van der Waals surface area contributed by atoms with E-state index in [0.717, 1.165) is 65.7 Å². The summed E-state index contributed by atoms with van der Waals surface area (Å²) in [5.41, 5.74) is 7.03. The van der Waals surface area contributed by atoms with Gasteiger partial charge in [-0.25, -0.2) is 0 Å². The third-order valence-corrected chi connectivity index (χ3v) is 5.11. The quantitative estimate of drug-likeness (QED) is 0.816. The Bertz CT molecular complexity index is 925. The van der Waals surface area contributed by atoms with Crippen molar-refractivity contribution in [2.75, 3.05) is 0 Å². The highest BCUT2D eigenvalue weighted by Gasteiger charge is 2.24. The molecule has 2 heterocycles. The third kappa shape index (κ3) is 3.17.